The van der Waals surface area contributed by atoms with Gasteiger partial charge in [0.2, 0.25) is 0 Å². The molecule has 0 aromatic carbocycles. The molecule has 0 amide bonds. The van der Waals surface area contributed by atoms with Gasteiger partial charge in [-0.05, 0) is 25.3 Å². The van der Waals surface area contributed by atoms with Crippen LogP contribution >= 0.6 is 0 Å². The lowest BCUT2D eigenvalue weighted by atomic mass is 9.89. The standard InChI is InChI=1S/C15H22O4/c1-18-15(19-13-7-2-3-8-13)11-5-4-6-12(15)9-10-14(16)17/h4-6,11-13H,2-3,7-10H2,1H3,(H,16,17). The van der Waals surface area contributed by atoms with Gasteiger partial charge in [0, 0.05) is 19.4 Å². The van der Waals surface area contributed by atoms with Gasteiger partial charge in [-0.2, -0.15) is 0 Å². The summed E-state index contributed by atoms with van der Waals surface area (Å²) >= 11 is 0. The molecule has 0 aromatic rings. The minimum absolute atomic E-state index is 0.0424. The number of carboxylic acids is 1. The Morgan fingerprint density at radius 1 is 1.37 bits per heavy atom. The molecule has 0 aromatic heterocycles. The second-order valence-electron chi connectivity index (χ2n) is 5.23. The van der Waals surface area contributed by atoms with E-state index < -0.39 is 11.8 Å². The first kappa shape index (κ1) is 14.3. The summed E-state index contributed by atoms with van der Waals surface area (Å²) in [7, 11) is 1.63. The number of methoxy groups -OCH3 is 1. The molecule has 0 bridgehead atoms. The maximum absolute atomic E-state index is 10.8. The smallest absolute Gasteiger partial charge is 0.303 e. The Morgan fingerprint density at radius 2 is 2.11 bits per heavy atom. The molecule has 2 rings (SSSR count). The fourth-order valence-corrected chi connectivity index (χ4v) is 2.88. The second-order valence-corrected chi connectivity index (χ2v) is 5.23. The zero-order chi connectivity index (χ0) is 13.7. The van der Waals surface area contributed by atoms with E-state index >= 15 is 0 Å². The van der Waals surface area contributed by atoms with Crippen molar-refractivity contribution in [2.45, 2.75) is 50.4 Å². The minimum atomic E-state index is -0.792. The highest BCUT2D eigenvalue weighted by molar-refractivity contribution is 5.66. The van der Waals surface area contributed by atoms with Crippen LogP contribution in [-0.2, 0) is 14.3 Å². The number of carbonyl (C=O) groups is 1. The third-order valence-electron chi connectivity index (χ3n) is 3.94. The Balaban J connectivity index is 2.06. The van der Waals surface area contributed by atoms with Crippen LogP contribution in [0.25, 0.3) is 0 Å². The van der Waals surface area contributed by atoms with Gasteiger partial charge in [0.25, 0.3) is 0 Å². The van der Waals surface area contributed by atoms with Gasteiger partial charge in [-0.3, -0.25) is 4.79 Å². The number of hydrogen-bond acceptors (Lipinski definition) is 3. The molecule has 2 aliphatic carbocycles. The molecule has 0 radical (unpaired) electrons. The largest absolute Gasteiger partial charge is 0.481 e. The van der Waals surface area contributed by atoms with E-state index in [0.717, 1.165) is 12.8 Å². The van der Waals surface area contributed by atoms with Crippen molar-refractivity contribution >= 4 is 5.97 Å². The Kier molecular flexibility index (Phi) is 4.77. The number of ether oxygens (including phenoxy) is 2. The normalized spacial score (nSPS) is 30.9. The highest BCUT2D eigenvalue weighted by atomic mass is 16.7. The van der Waals surface area contributed by atoms with E-state index in [4.69, 9.17) is 14.6 Å². The molecule has 4 heteroatoms. The van der Waals surface area contributed by atoms with Crippen LogP contribution in [0.2, 0.25) is 0 Å². The third kappa shape index (κ3) is 3.45. The van der Waals surface area contributed by atoms with Gasteiger partial charge in [-0.15, -0.1) is 0 Å². The molecule has 19 heavy (non-hydrogen) atoms. The second kappa shape index (κ2) is 6.35. The lowest BCUT2D eigenvalue weighted by molar-refractivity contribution is -0.236. The van der Waals surface area contributed by atoms with Crippen molar-refractivity contribution < 1.29 is 19.4 Å². The minimum Gasteiger partial charge on any atom is -0.481 e. The summed E-state index contributed by atoms with van der Waals surface area (Å²) in [5.74, 6) is -1.62. The molecule has 4 nitrogen and oxygen atoms in total. The van der Waals surface area contributed by atoms with Crippen LogP contribution in [0, 0.1) is 5.92 Å². The van der Waals surface area contributed by atoms with Crippen LogP contribution in [0.4, 0.5) is 0 Å². The van der Waals surface area contributed by atoms with Crippen molar-refractivity contribution in [3.63, 3.8) is 0 Å². The predicted octanol–water partition coefficient (Wildman–Crippen LogP) is 2.90. The van der Waals surface area contributed by atoms with Gasteiger partial charge in [0.15, 0.2) is 5.79 Å². The average molecular weight is 266 g/mol. The molecule has 0 heterocycles. The average Bonchev–Trinajstić information content (AvgIpc) is 2.90. The van der Waals surface area contributed by atoms with E-state index in [2.05, 4.69) is 0 Å². The highest BCUT2D eigenvalue weighted by Crippen LogP contribution is 2.36. The van der Waals surface area contributed by atoms with Gasteiger partial charge in [0.05, 0.1) is 6.10 Å². The van der Waals surface area contributed by atoms with Crippen molar-refractivity contribution in [2.24, 2.45) is 5.92 Å². The van der Waals surface area contributed by atoms with E-state index in [9.17, 15) is 4.79 Å². The summed E-state index contributed by atoms with van der Waals surface area (Å²) in [6.07, 6.45) is 13.1. The monoisotopic (exact) mass is 266 g/mol. The molecule has 0 aliphatic heterocycles. The molecule has 1 N–H and O–H groups in total. The number of hydrogen-bond donors (Lipinski definition) is 1. The predicted molar refractivity (Wildman–Crippen MR) is 71.7 cm³/mol. The van der Waals surface area contributed by atoms with Crippen LogP contribution in [0.1, 0.15) is 38.5 Å². The molecule has 2 unspecified atom stereocenters. The SMILES string of the molecule is COC1(OC2CCCC2)C=CC=CC1CCC(=O)O. The van der Waals surface area contributed by atoms with Crippen LogP contribution < -0.4 is 0 Å². The van der Waals surface area contributed by atoms with Gasteiger partial charge in [-0.25, -0.2) is 0 Å². The summed E-state index contributed by atoms with van der Waals surface area (Å²) in [4.78, 5) is 10.8. The van der Waals surface area contributed by atoms with Gasteiger partial charge in [-0.1, -0.05) is 31.1 Å². The number of rotatable bonds is 6. The summed E-state index contributed by atoms with van der Waals surface area (Å²) in [5, 5.41) is 8.85. The first-order chi connectivity index (χ1) is 9.16. The quantitative estimate of drug-likeness (QED) is 0.751. The van der Waals surface area contributed by atoms with E-state index in [0.29, 0.717) is 6.42 Å². The Morgan fingerprint density at radius 3 is 2.74 bits per heavy atom. The molecule has 0 spiro atoms. The van der Waals surface area contributed by atoms with Gasteiger partial charge >= 0.3 is 5.97 Å². The van der Waals surface area contributed by atoms with E-state index in [1.54, 1.807) is 7.11 Å². The van der Waals surface area contributed by atoms with Crippen molar-refractivity contribution in [1.82, 2.24) is 0 Å². The molecule has 106 valence electrons. The van der Waals surface area contributed by atoms with E-state index in [-0.39, 0.29) is 18.4 Å². The fourth-order valence-electron chi connectivity index (χ4n) is 2.88. The number of carboxylic acid groups (broad SMARTS) is 1. The molecular weight excluding hydrogens is 244 g/mol. The van der Waals surface area contributed by atoms with Gasteiger partial charge in [0.1, 0.15) is 0 Å². The first-order valence-electron chi connectivity index (χ1n) is 6.97. The summed E-state index contributed by atoms with van der Waals surface area (Å²) in [6, 6.07) is 0. The Labute approximate surface area is 114 Å². The lowest BCUT2D eigenvalue weighted by Crippen LogP contribution is -2.44. The highest BCUT2D eigenvalue weighted by Gasteiger charge is 2.40. The maximum atomic E-state index is 10.8. The van der Waals surface area contributed by atoms with Gasteiger partial charge < -0.3 is 14.6 Å². The first-order valence-corrected chi connectivity index (χ1v) is 6.97. The Hall–Kier alpha value is -1.13. The zero-order valence-corrected chi connectivity index (χ0v) is 11.4. The van der Waals surface area contributed by atoms with Crippen molar-refractivity contribution in [2.75, 3.05) is 7.11 Å². The van der Waals surface area contributed by atoms with Crippen molar-refractivity contribution in [3.8, 4) is 0 Å². The summed E-state index contributed by atoms with van der Waals surface area (Å²) in [5.41, 5.74) is 0. The van der Waals surface area contributed by atoms with Crippen molar-refractivity contribution in [3.05, 3.63) is 24.3 Å². The molecule has 2 atom stereocenters. The topological polar surface area (TPSA) is 55.8 Å². The fraction of sp³-hybridized carbons (Fsp3) is 0.667. The van der Waals surface area contributed by atoms with Crippen LogP contribution in [-0.4, -0.2) is 30.1 Å². The number of allylic oxidation sites excluding steroid dienone is 2. The van der Waals surface area contributed by atoms with Crippen LogP contribution in [0.15, 0.2) is 24.3 Å². The van der Waals surface area contributed by atoms with E-state index in [1.807, 2.05) is 24.3 Å². The maximum Gasteiger partial charge on any atom is 0.303 e. The molecule has 0 saturated heterocycles. The molecule has 2 aliphatic rings. The summed E-state index contributed by atoms with van der Waals surface area (Å²) in [6.45, 7) is 0. The number of aliphatic carboxylic acids is 1. The summed E-state index contributed by atoms with van der Waals surface area (Å²) < 4.78 is 11.8. The zero-order valence-electron chi connectivity index (χ0n) is 11.4. The molecule has 1 saturated carbocycles. The van der Waals surface area contributed by atoms with E-state index in [1.165, 1.54) is 12.8 Å². The Bertz CT molecular complexity index is 368. The van der Waals surface area contributed by atoms with Crippen molar-refractivity contribution in [1.29, 1.82) is 0 Å². The van der Waals surface area contributed by atoms with Crippen LogP contribution in [0.3, 0.4) is 0 Å². The third-order valence-corrected chi connectivity index (χ3v) is 3.94. The van der Waals surface area contributed by atoms with Crippen LogP contribution in [0.5, 0.6) is 0 Å². The molecule has 1 fully saturated rings. The molecular formula is C15H22O4. The lowest BCUT2D eigenvalue weighted by Gasteiger charge is -2.39.